The average Bonchev–Trinajstić information content (AvgIpc) is 2.89. The lowest BCUT2D eigenvalue weighted by atomic mass is 10.0. The molecule has 0 unspecified atom stereocenters. The van der Waals surface area contributed by atoms with Crippen molar-refractivity contribution in [2.24, 2.45) is 0 Å². The highest BCUT2D eigenvalue weighted by molar-refractivity contribution is 7.09. The third kappa shape index (κ3) is 4.38. The van der Waals surface area contributed by atoms with Gasteiger partial charge in [-0.25, -0.2) is 0 Å². The van der Waals surface area contributed by atoms with Crippen LogP contribution in [0.1, 0.15) is 17.7 Å². The van der Waals surface area contributed by atoms with Crippen LogP contribution in [-0.4, -0.2) is 46.6 Å². The molecule has 0 spiro atoms. The lowest BCUT2D eigenvalue weighted by Gasteiger charge is -2.28. The number of aliphatic hydroxyl groups is 3. The summed E-state index contributed by atoms with van der Waals surface area (Å²) in [5, 5.41) is 31.7. The predicted octanol–water partition coefficient (Wildman–Crippen LogP) is -0.0973. The molecule has 4 N–H and O–H groups in total. The van der Waals surface area contributed by atoms with Gasteiger partial charge in [-0.3, -0.25) is 4.79 Å². The van der Waals surface area contributed by atoms with Crippen LogP contribution in [0.2, 0.25) is 0 Å². The number of rotatable bonds is 8. The van der Waals surface area contributed by atoms with Crippen LogP contribution in [0, 0.1) is 0 Å². The third-order valence-electron chi connectivity index (χ3n) is 2.72. The van der Waals surface area contributed by atoms with E-state index in [2.05, 4.69) is 5.32 Å². The number of hydrogen-bond donors (Lipinski definition) is 4. The molecule has 0 saturated heterocycles. The molecule has 0 aliphatic rings. The van der Waals surface area contributed by atoms with E-state index in [0.29, 0.717) is 12.8 Å². The first-order valence-electron chi connectivity index (χ1n) is 5.82. The fourth-order valence-corrected chi connectivity index (χ4v) is 2.26. The molecular weight excluding hydrogens is 254 g/mol. The maximum atomic E-state index is 11.6. The Bertz CT molecular complexity index is 341. The summed E-state index contributed by atoms with van der Waals surface area (Å²) in [5.41, 5.74) is -1.32. The summed E-state index contributed by atoms with van der Waals surface area (Å²) in [6.45, 7) is -1.47. The summed E-state index contributed by atoms with van der Waals surface area (Å²) in [7, 11) is 0. The lowest BCUT2D eigenvalue weighted by molar-refractivity contribution is -0.125. The van der Waals surface area contributed by atoms with Crippen molar-refractivity contribution in [3.63, 3.8) is 0 Å². The van der Waals surface area contributed by atoms with Crippen LogP contribution in [0.25, 0.3) is 0 Å². The van der Waals surface area contributed by atoms with Gasteiger partial charge in [0.2, 0.25) is 5.91 Å². The van der Waals surface area contributed by atoms with Crippen molar-refractivity contribution < 1.29 is 20.1 Å². The van der Waals surface area contributed by atoms with E-state index in [9.17, 15) is 4.79 Å². The van der Waals surface area contributed by atoms with Crippen molar-refractivity contribution in [1.82, 2.24) is 5.32 Å². The quantitative estimate of drug-likeness (QED) is 0.532. The maximum absolute atomic E-state index is 11.6. The molecule has 6 heteroatoms. The van der Waals surface area contributed by atoms with E-state index in [1.165, 1.54) is 4.88 Å². The van der Waals surface area contributed by atoms with Crippen LogP contribution in [-0.2, 0) is 11.2 Å². The molecule has 0 atom stereocenters. The lowest BCUT2D eigenvalue weighted by Crippen LogP contribution is -2.57. The van der Waals surface area contributed by atoms with Gasteiger partial charge < -0.3 is 20.6 Å². The normalized spacial score (nSPS) is 11.5. The van der Waals surface area contributed by atoms with Crippen LogP contribution in [0.5, 0.6) is 0 Å². The van der Waals surface area contributed by atoms with E-state index >= 15 is 0 Å². The molecule has 18 heavy (non-hydrogen) atoms. The molecule has 0 aliphatic heterocycles. The van der Waals surface area contributed by atoms with E-state index in [0.717, 1.165) is 6.42 Å². The van der Waals surface area contributed by atoms with E-state index in [-0.39, 0.29) is 5.91 Å². The Morgan fingerprint density at radius 1 is 1.28 bits per heavy atom. The summed E-state index contributed by atoms with van der Waals surface area (Å²) >= 11 is 1.65. The van der Waals surface area contributed by atoms with Gasteiger partial charge in [-0.15, -0.1) is 11.3 Å². The Morgan fingerprint density at radius 2 is 1.94 bits per heavy atom. The minimum atomic E-state index is -1.32. The number of hydrogen-bond acceptors (Lipinski definition) is 5. The topological polar surface area (TPSA) is 89.8 Å². The van der Waals surface area contributed by atoms with Crippen LogP contribution < -0.4 is 5.32 Å². The zero-order valence-corrected chi connectivity index (χ0v) is 10.9. The highest BCUT2D eigenvalue weighted by Crippen LogP contribution is 2.12. The standard InChI is InChI=1S/C12H19NO4S/c14-7-12(8-15,9-16)13-11(17)5-1-3-10-4-2-6-18-10/h2,4,6,14-16H,1,3,5,7-9H2,(H,13,17). The zero-order chi connectivity index (χ0) is 13.4. The van der Waals surface area contributed by atoms with Crippen molar-refractivity contribution in [2.75, 3.05) is 19.8 Å². The van der Waals surface area contributed by atoms with Crippen LogP contribution in [0.4, 0.5) is 0 Å². The maximum Gasteiger partial charge on any atom is 0.220 e. The highest BCUT2D eigenvalue weighted by Gasteiger charge is 2.29. The SMILES string of the molecule is O=C(CCCc1cccs1)NC(CO)(CO)CO. The van der Waals surface area contributed by atoms with Gasteiger partial charge in [0.05, 0.1) is 19.8 Å². The van der Waals surface area contributed by atoms with Crippen molar-refractivity contribution in [1.29, 1.82) is 0 Å². The fraction of sp³-hybridized carbons (Fsp3) is 0.583. The second-order valence-electron chi connectivity index (χ2n) is 4.24. The largest absolute Gasteiger partial charge is 0.394 e. The Hall–Kier alpha value is -0.950. The number of nitrogens with one attached hydrogen (secondary N) is 1. The molecule has 0 bridgehead atoms. The van der Waals surface area contributed by atoms with Crippen molar-refractivity contribution in [3.8, 4) is 0 Å². The number of thiophene rings is 1. The van der Waals surface area contributed by atoms with Crippen molar-refractivity contribution in [3.05, 3.63) is 22.4 Å². The minimum Gasteiger partial charge on any atom is -0.394 e. The molecule has 0 fully saturated rings. The molecule has 0 aliphatic carbocycles. The molecule has 0 aromatic carbocycles. The van der Waals surface area contributed by atoms with Crippen molar-refractivity contribution >= 4 is 17.2 Å². The Morgan fingerprint density at radius 3 is 2.44 bits per heavy atom. The fourth-order valence-electron chi connectivity index (χ4n) is 1.50. The molecule has 102 valence electrons. The van der Waals surface area contributed by atoms with Gasteiger partial charge in [0.25, 0.3) is 0 Å². The molecule has 1 amide bonds. The summed E-state index contributed by atoms with van der Waals surface area (Å²) in [6, 6.07) is 3.98. The van der Waals surface area contributed by atoms with E-state index < -0.39 is 25.4 Å². The molecule has 0 radical (unpaired) electrons. The first kappa shape index (κ1) is 15.1. The Kier molecular flexibility index (Phi) is 6.28. The van der Waals surface area contributed by atoms with Gasteiger partial charge in [0.1, 0.15) is 5.54 Å². The highest BCUT2D eigenvalue weighted by atomic mass is 32.1. The number of aliphatic hydroxyl groups excluding tert-OH is 3. The van der Waals surface area contributed by atoms with Gasteiger partial charge in [0.15, 0.2) is 0 Å². The molecule has 1 aromatic heterocycles. The first-order valence-corrected chi connectivity index (χ1v) is 6.70. The molecule has 1 aromatic rings. The molecule has 0 saturated carbocycles. The smallest absolute Gasteiger partial charge is 0.220 e. The van der Waals surface area contributed by atoms with Gasteiger partial charge in [-0.2, -0.15) is 0 Å². The monoisotopic (exact) mass is 273 g/mol. The van der Waals surface area contributed by atoms with E-state index in [1.54, 1.807) is 11.3 Å². The van der Waals surface area contributed by atoms with Crippen molar-refractivity contribution in [2.45, 2.75) is 24.8 Å². The summed E-state index contributed by atoms with van der Waals surface area (Å²) in [5.74, 6) is -0.274. The Labute approximate surface area is 110 Å². The second kappa shape index (κ2) is 7.48. The van der Waals surface area contributed by atoms with E-state index in [4.69, 9.17) is 15.3 Å². The molecule has 5 nitrogen and oxygen atoms in total. The van der Waals surface area contributed by atoms with Gasteiger partial charge in [-0.05, 0) is 24.3 Å². The van der Waals surface area contributed by atoms with Crippen LogP contribution in [0.15, 0.2) is 17.5 Å². The average molecular weight is 273 g/mol. The number of carbonyl (C=O) groups excluding carboxylic acids is 1. The van der Waals surface area contributed by atoms with E-state index in [1.807, 2.05) is 17.5 Å². The third-order valence-corrected chi connectivity index (χ3v) is 3.66. The second-order valence-corrected chi connectivity index (χ2v) is 5.27. The van der Waals surface area contributed by atoms with Gasteiger partial charge in [0, 0.05) is 11.3 Å². The minimum absolute atomic E-state index is 0.274. The molecule has 1 rings (SSSR count). The predicted molar refractivity (Wildman–Crippen MR) is 69.4 cm³/mol. The molecule has 1 heterocycles. The zero-order valence-electron chi connectivity index (χ0n) is 10.1. The summed E-state index contributed by atoms with van der Waals surface area (Å²) in [4.78, 5) is 12.8. The van der Waals surface area contributed by atoms with Gasteiger partial charge >= 0.3 is 0 Å². The Balaban J connectivity index is 2.32. The number of amides is 1. The number of aryl methyl sites for hydroxylation is 1. The first-order chi connectivity index (χ1) is 8.65. The van der Waals surface area contributed by atoms with Gasteiger partial charge in [-0.1, -0.05) is 6.07 Å². The number of carbonyl (C=O) groups is 1. The van der Waals surface area contributed by atoms with Crippen LogP contribution >= 0.6 is 11.3 Å². The summed E-state index contributed by atoms with van der Waals surface area (Å²) in [6.07, 6.45) is 1.83. The molecular formula is C12H19NO4S. The van der Waals surface area contributed by atoms with Crippen LogP contribution in [0.3, 0.4) is 0 Å². The summed E-state index contributed by atoms with van der Waals surface area (Å²) < 4.78 is 0.